The molecule has 1 saturated heterocycles. The van der Waals surface area contributed by atoms with E-state index < -0.39 is 12.0 Å². The van der Waals surface area contributed by atoms with E-state index in [4.69, 9.17) is 16.3 Å². The molecule has 0 bridgehead atoms. The Hall–Kier alpha value is -1.30. The van der Waals surface area contributed by atoms with Gasteiger partial charge < -0.3 is 15.4 Å². The van der Waals surface area contributed by atoms with Crippen LogP contribution < -0.4 is 10.6 Å². The smallest absolute Gasteiger partial charge is 0.333 e. The molecule has 2 fully saturated rings. The first-order chi connectivity index (χ1) is 11.1. The molecule has 1 heterocycles. The summed E-state index contributed by atoms with van der Waals surface area (Å²) in [6.07, 6.45) is 2.96. The number of hydrogen-bond donors (Lipinski definition) is 2. The normalized spacial score (nSPS) is 22.2. The van der Waals surface area contributed by atoms with Gasteiger partial charge in [0.15, 0.2) is 6.04 Å². The van der Waals surface area contributed by atoms with Crippen molar-refractivity contribution in [3.63, 3.8) is 0 Å². The second-order valence-corrected chi connectivity index (χ2v) is 6.82. The minimum Gasteiger partial charge on any atom is -0.467 e. The Kier molecular flexibility index (Phi) is 6.12. The fourth-order valence-corrected chi connectivity index (χ4v) is 3.62. The van der Waals surface area contributed by atoms with E-state index >= 15 is 0 Å². The fraction of sp³-hybridized carbons (Fsp3) is 0.529. The zero-order valence-electron chi connectivity index (χ0n) is 13.5. The van der Waals surface area contributed by atoms with Crippen LogP contribution in [0.5, 0.6) is 0 Å². The van der Waals surface area contributed by atoms with Gasteiger partial charge in [0.1, 0.15) is 0 Å². The minimum atomic E-state index is -0.788. The van der Waals surface area contributed by atoms with Gasteiger partial charge in [-0.2, -0.15) is 0 Å². The number of esters is 1. The summed E-state index contributed by atoms with van der Waals surface area (Å²) < 4.78 is 4.84. The molecule has 1 aliphatic heterocycles. The molecule has 2 unspecified atom stereocenters. The van der Waals surface area contributed by atoms with Crippen LogP contribution in [0.25, 0.3) is 0 Å². The predicted molar refractivity (Wildman–Crippen MR) is 94.2 cm³/mol. The maximum Gasteiger partial charge on any atom is 0.333 e. The lowest BCUT2D eigenvalue weighted by atomic mass is 9.91. The number of piperidine rings is 1. The molecule has 0 aromatic heterocycles. The molecule has 2 aliphatic rings. The molecular formula is C17H22Cl2N2O3. The van der Waals surface area contributed by atoms with E-state index in [0.717, 1.165) is 32.4 Å². The molecule has 2 N–H and O–H groups in total. The third-order valence-electron chi connectivity index (χ3n) is 5.03. The fourth-order valence-electron chi connectivity index (χ4n) is 3.49. The number of carbonyl (C=O) groups excluding carboxylic acids is 2. The number of ether oxygens (including phenoxy) is 1. The highest BCUT2D eigenvalue weighted by Crippen LogP contribution is 2.58. The summed E-state index contributed by atoms with van der Waals surface area (Å²) in [6.45, 7) is 1.92. The summed E-state index contributed by atoms with van der Waals surface area (Å²) in [5, 5.41) is 6.76. The van der Waals surface area contributed by atoms with Crippen molar-refractivity contribution in [1.82, 2.24) is 10.6 Å². The summed E-state index contributed by atoms with van der Waals surface area (Å²) in [6, 6.07) is 6.08. The largest absolute Gasteiger partial charge is 0.467 e. The molecule has 24 heavy (non-hydrogen) atoms. The summed E-state index contributed by atoms with van der Waals surface area (Å²) in [4.78, 5) is 24.6. The molecule has 132 valence electrons. The number of benzene rings is 1. The van der Waals surface area contributed by atoms with Crippen molar-refractivity contribution in [2.45, 2.75) is 25.3 Å². The molecule has 5 nitrogen and oxygen atoms in total. The number of carbonyl (C=O) groups is 2. The van der Waals surface area contributed by atoms with E-state index in [0.29, 0.717) is 10.6 Å². The van der Waals surface area contributed by atoms with E-state index in [1.165, 1.54) is 7.11 Å². The van der Waals surface area contributed by atoms with Gasteiger partial charge in [0, 0.05) is 10.9 Å². The Bertz CT molecular complexity index is 600. The molecule has 1 aromatic carbocycles. The van der Waals surface area contributed by atoms with E-state index in [-0.39, 0.29) is 29.6 Å². The maximum absolute atomic E-state index is 12.6. The second-order valence-electron chi connectivity index (χ2n) is 6.39. The first kappa shape index (κ1) is 19.0. The van der Waals surface area contributed by atoms with Crippen molar-refractivity contribution in [3.05, 3.63) is 34.9 Å². The van der Waals surface area contributed by atoms with E-state index in [9.17, 15) is 9.59 Å². The first-order valence-electron chi connectivity index (χ1n) is 7.90. The van der Waals surface area contributed by atoms with E-state index in [1.54, 1.807) is 24.3 Å². The number of amides is 1. The Labute approximate surface area is 152 Å². The van der Waals surface area contributed by atoms with Crippen molar-refractivity contribution >= 4 is 35.9 Å². The highest BCUT2D eigenvalue weighted by Gasteiger charge is 2.58. The Morgan fingerprint density at radius 3 is 2.50 bits per heavy atom. The van der Waals surface area contributed by atoms with Crippen LogP contribution in [0.1, 0.15) is 30.9 Å². The quantitative estimate of drug-likeness (QED) is 0.796. The maximum atomic E-state index is 12.6. The molecule has 1 saturated carbocycles. The van der Waals surface area contributed by atoms with Crippen LogP contribution in [0.3, 0.4) is 0 Å². The molecule has 7 heteroatoms. The molecule has 2 atom stereocenters. The summed E-state index contributed by atoms with van der Waals surface area (Å²) in [5.41, 5.74) is 0.810. The predicted octanol–water partition coefficient (Wildman–Crippen LogP) is 2.48. The molecule has 1 aliphatic carbocycles. The zero-order chi connectivity index (χ0) is 16.4. The van der Waals surface area contributed by atoms with Crippen molar-refractivity contribution in [2.75, 3.05) is 20.2 Å². The van der Waals surface area contributed by atoms with Gasteiger partial charge in [-0.15, -0.1) is 12.4 Å². The topological polar surface area (TPSA) is 67.4 Å². The molecule has 0 radical (unpaired) electrons. The van der Waals surface area contributed by atoms with Gasteiger partial charge in [-0.1, -0.05) is 23.7 Å². The monoisotopic (exact) mass is 372 g/mol. The van der Waals surface area contributed by atoms with Gasteiger partial charge in [-0.05, 0) is 55.5 Å². The summed E-state index contributed by atoms with van der Waals surface area (Å²) in [7, 11) is 1.32. The van der Waals surface area contributed by atoms with Crippen LogP contribution in [0.2, 0.25) is 5.02 Å². The van der Waals surface area contributed by atoms with E-state index in [2.05, 4.69) is 10.6 Å². The highest BCUT2D eigenvalue weighted by molar-refractivity contribution is 6.30. The van der Waals surface area contributed by atoms with Crippen LogP contribution >= 0.6 is 24.0 Å². The van der Waals surface area contributed by atoms with Crippen molar-refractivity contribution < 1.29 is 14.3 Å². The third-order valence-corrected chi connectivity index (χ3v) is 5.28. The van der Waals surface area contributed by atoms with Crippen LogP contribution in [0, 0.1) is 11.3 Å². The van der Waals surface area contributed by atoms with E-state index in [1.807, 2.05) is 0 Å². The average molecular weight is 373 g/mol. The van der Waals surface area contributed by atoms with Crippen LogP contribution in [0.15, 0.2) is 24.3 Å². The average Bonchev–Trinajstić information content (AvgIpc) is 3.26. The van der Waals surface area contributed by atoms with Gasteiger partial charge >= 0.3 is 5.97 Å². The summed E-state index contributed by atoms with van der Waals surface area (Å²) >= 11 is 5.88. The zero-order valence-corrected chi connectivity index (χ0v) is 15.1. The number of methoxy groups -OCH3 is 1. The lowest BCUT2D eigenvalue weighted by Crippen LogP contribution is -2.38. The lowest BCUT2D eigenvalue weighted by Gasteiger charge is -2.24. The van der Waals surface area contributed by atoms with Crippen molar-refractivity contribution in [2.24, 2.45) is 11.3 Å². The molecule has 1 spiro atoms. The minimum absolute atomic E-state index is 0. The van der Waals surface area contributed by atoms with Crippen molar-refractivity contribution in [3.8, 4) is 0 Å². The van der Waals surface area contributed by atoms with Crippen LogP contribution in [-0.2, 0) is 14.3 Å². The Morgan fingerprint density at radius 2 is 1.92 bits per heavy atom. The van der Waals surface area contributed by atoms with Crippen LogP contribution in [-0.4, -0.2) is 32.1 Å². The Balaban J connectivity index is 0.00000208. The number of hydrogen-bond acceptors (Lipinski definition) is 4. The number of halogens is 2. The lowest BCUT2D eigenvalue weighted by molar-refractivity contribution is -0.145. The third kappa shape index (κ3) is 3.85. The van der Waals surface area contributed by atoms with Gasteiger partial charge in [0.05, 0.1) is 7.11 Å². The van der Waals surface area contributed by atoms with Gasteiger partial charge in [-0.3, -0.25) is 4.79 Å². The SMILES string of the molecule is COC(=O)C(NC(=O)C1CC12CCNCC2)c1ccc(Cl)cc1.Cl. The number of rotatable bonds is 4. The number of nitrogens with one attached hydrogen (secondary N) is 2. The molecule has 1 amide bonds. The van der Waals surface area contributed by atoms with Gasteiger partial charge in [0.2, 0.25) is 5.91 Å². The molecule has 1 aromatic rings. The molecule has 3 rings (SSSR count). The van der Waals surface area contributed by atoms with Gasteiger partial charge in [0.25, 0.3) is 0 Å². The van der Waals surface area contributed by atoms with Crippen LogP contribution in [0.4, 0.5) is 0 Å². The van der Waals surface area contributed by atoms with Crippen molar-refractivity contribution in [1.29, 1.82) is 0 Å². The second kappa shape index (κ2) is 7.72. The summed E-state index contributed by atoms with van der Waals surface area (Å²) in [5.74, 6) is -0.526. The van der Waals surface area contributed by atoms with Gasteiger partial charge in [-0.25, -0.2) is 4.79 Å². The highest BCUT2D eigenvalue weighted by atomic mass is 35.5. The Morgan fingerprint density at radius 1 is 1.29 bits per heavy atom. The molecular weight excluding hydrogens is 351 g/mol. The standard InChI is InChI=1S/C17H21ClN2O3.ClH/c1-23-16(22)14(11-2-4-12(18)5-3-11)20-15(21)13-10-17(13)6-8-19-9-7-17;/h2-5,13-14,19H,6-10H2,1H3,(H,20,21);1H. The first-order valence-corrected chi connectivity index (χ1v) is 8.28.